The molecule has 1 saturated carbocycles. The Hall–Kier alpha value is -1.42. The Morgan fingerprint density at radius 1 is 1.45 bits per heavy atom. The molecule has 1 saturated heterocycles. The van der Waals surface area contributed by atoms with Crippen molar-refractivity contribution in [1.82, 2.24) is 10.2 Å². The average molecular weight is 304 g/mol. The van der Waals surface area contributed by atoms with Crippen molar-refractivity contribution in [3.05, 3.63) is 35.1 Å². The number of likely N-dealkylation sites (tertiary alicyclic amines) is 1. The van der Waals surface area contributed by atoms with Crippen LogP contribution in [0.3, 0.4) is 0 Å². The first kappa shape index (κ1) is 15.5. The third kappa shape index (κ3) is 2.76. The van der Waals surface area contributed by atoms with Crippen molar-refractivity contribution in [2.45, 2.75) is 39.2 Å². The molecule has 1 aliphatic heterocycles. The van der Waals surface area contributed by atoms with E-state index in [-0.39, 0.29) is 23.1 Å². The number of halogens is 1. The number of hydrogen-bond donors (Lipinski definition) is 1. The first-order valence-electron chi connectivity index (χ1n) is 8.23. The van der Waals surface area contributed by atoms with Gasteiger partial charge in [-0.2, -0.15) is 0 Å². The van der Waals surface area contributed by atoms with Crippen LogP contribution in [0.2, 0.25) is 0 Å². The van der Waals surface area contributed by atoms with E-state index >= 15 is 0 Å². The Balaban J connectivity index is 1.72. The smallest absolute Gasteiger partial charge is 0.223 e. The van der Waals surface area contributed by atoms with Crippen LogP contribution in [0.25, 0.3) is 0 Å². The second-order valence-corrected chi connectivity index (χ2v) is 6.95. The number of benzene rings is 1. The Morgan fingerprint density at radius 3 is 3.05 bits per heavy atom. The van der Waals surface area contributed by atoms with Gasteiger partial charge >= 0.3 is 0 Å². The molecule has 22 heavy (non-hydrogen) atoms. The Morgan fingerprint density at radius 2 is 2.27 bits per heavy atom. The highest BCUT2D eigenvalue weighted by molar-refractivity contribution is 5.79. The molecule has 1 N–H and O–H groups in total. The zero-order valence-electron chi connectivity index (χ0n) is 13.5. The van der Waals surface area contributed by atoms with Gasteiger partial charge in [0.25, 0.3) is 0 Å². The number of rotatable bonds is 3. The van der Waals surface area contributed by atoms with Crippen molar-refractivity contribution in [1.29, 1.82) is 0 Å². The highest BCUT2D eigenvalue weighted by Crippen LogP contribution is 2.50. The van der Waals surface area contributed by atoms with Gasteiger partial charge in [0.05, 0.1) is 0 Å². The number of nitrogens with one attached hydrogen (secondary N) is 1. The quantitative estimate of drug-likeness (QED) is 0.931. The lowest BCUT2D eigenvalue weighted by atomic mass is 9.76. The van der Waals surface area contributed by atoms with E-state index < -0.39 is 0 Å². The molecule has 2 fully saturated rings. The van der Waals surface area contributed by atoms with Gasteiger partial charge in [-0.05, 0) is 61.4 Å². The summed E-state index contributed by atoms with van der Waals surface area (Å²) >= 11 is 0. The van der Waals surface area contributed by atoms with E-state index in [9.17, 15) is 9.18 Å². The summed E-state index contributed by atoms with van der Waals surface area (Å²) in [5.74, 6) is 0.177. The van der Waals surface area contributed by atoms with E-state index in [1.54, 1.807) is 13.1 Å². The lowest BCUT2D eigenvalue weighted by molar-refractivity contribution is -0.127. The number of nitrogens with zero attached hydrogens (tertiary/aromatic N) is 1. The molecule has 0 bridgehead atoms. The van der Waals surface area contributed by atoms with Crippen LogP contribution in [0.4, 0.5) is 4.39 Å². The van der Waals surface area contributed by atoms with Crippen LogP contribution in [-0.4, -0.2) is 30.9 Å². The number of aryl methyl sites for hydroxylation is 1. The number of carbonyl (C=O) groups is 1. The van der Waals surface area contributed by atoms with E-state index in [1.807, 2.05) is 13.0 Å². The molecule has 1 heterocycles. The molecule has 1 aromatic carbocycles. The average Bonchev–Trinajstić information content (AvgIpc) is 3.10. The SMILES string of the molecule is CNC(=O)[C@H]1CCC[C@]12CCN(Cc1cc(F)ccc1C)C2. The maximum Gasteiger partial charge on any atom is 0.223 e. The van der Waals surface area contributed by atoms with Gasteiger partial charge in [-0.25, -0.2) is 4.39 Å². The van der Waals surface area contributed by atoms with Crippen molar-refractivity contribution in [3.8, 4) is 0 Å². The van der Waals surface area contributed by atoms with E-state index in [1.165, 1.54) is 6.07 Å². The van der Waals surface area contributed by atoms with Crippen molar-refractivity contribution in [2.75, 3.05) is 20.1 Å². The van der Waals surface area contributed by atoms with Gasteiger partial charge in [0.2, 0.25) is 5.91 Å². The van der Waals surface area contributed by atoms with Crippen molar-refractivity contribution < 1.29 is 9.18 Å². The summed E-state index contributed by atoms with van der Waals surface area (Å²) in [6, 6.07) is 5.01. The zero-order chi connectivity index (χ0) is 15.7. The molecule has 0 aromatic heterocycles. The number of amides is 1. The molecule has 1 amide bonds. The predicted octanol–water partition coefficient (Wildman–Crippen LogP) is 2.87. The Bertz CT molecular complexity index is 574. The summed E-state index contributed by atoms with van der Waals surface area (Å²) in [7, 11) is 1.73. The van der Waals surface area contributed by atoms with Gasteiger partial charge in [0.1, 0.15) is 5.82 Å². The third-order valence-electron chi connectivity index (χ3n) is 5.64. The molecule has 4 heteroatoms. The molecule has 3 rings (SSSR count). The molecule has 120 valence electrons. The molecular weight excluding hydrogens is 279 g/mol. The maximum absolute atomic E-state index is 13.5. The first-order valence-corrected chi connectivity index (χ1v) is 8.23. The summed E-state index contributed by atoms with van der Waals surface area (Å²) < 4.78 is 13.5. The summed E-state index contributed by atoms with van der Waals surface area (Å²) in [4.78, 5) is 14.6. The molecule has 1 aromatic rings. The fourth-order valence-electron chi connectivity index (χ4n) is 4.38. The highest BCUT2D eigenvalue weighted by atomic mass is 19.1. The predicted molar refractivity (Wildman–Crippen MR) is 84.9 cm³/mol. The third-order valence-corrected chi connectivity index (χ3v) is 5.64. The minimum atomic E-state index is -0.168. The molecule has 0 unspecified atom stereocenters. The van der Waals surface area contributed by atoms with Crippen LogP contribution in [0, 0.1) is 24.1 Å². The highest BCUT2D eigenvalue weighted by Gasteiger charge is 2.49. The minimum Gasteiger partial charge on any atom is -0.359 e. The first-order chi connectivity index (χ1) is 10.5. The Kier molecular flexibility index (Phi) is 4.22. The molecule has 2 atom stereocenters. The van der Waals surface area contributed by atoms with Crippen LogP contribution in [0.15, 0.2) is 18.2 Å². The molecular formula is C18H25FN2O. The van der Waals surface area contributed by atoms with Crippen LogP contribution in [-0.2, 0) is 11.3 Å². The number of carbonyl (C=O) groups excluding carboxylic acids is 1. The summed E-state index contributed by atoms with van der Waals surface area (Å²) in [6.07, 6.45) is 4.38. The van der Waals surface area contributed by atoms with Crippen molar-refractivity contribution >= 4 is 5.91 Å². The van der Waals surface area contributed by atoms with Crippen LogP contribution in [0.5, 0.6) is 0 Å². The van der Waals surface area contributed by atoms with E-state index in [4.69, 9.17) is 0 Å². The van der Waals surface area contributed by atoms with Gasteiger partial charge in [-0.15, -0.1) is 0 Å². The summed E-state index contributed by atoms with van der Waals surface area (Å²) in [5, 5.41) is 2.83. The summed E-state index contributed by atoms with van der Waals surface area (Å²) in [6.45, 7) is 4.78. The van der Waals surface area contributed by atoms with E-state index in [0.717, 1.165) is 56.4 Å². The Labute approximate surface area is 131 Å². The fraction of sp³-hybridized carbons (Fsp3) is 0.611. The lowest BCUT2D eigenvalue weighted by Gasteiger charge is -2.30. The fourth-order valence-corrected chi connectivity index (χ4v) is 4.38. The molecule has 2 aliphatic rings. The van der Waals surface area contributed by atoms with Crippen LogP contribution >= 0.6 is 0 Å². The molecule has 1 spiro atoms. The van der Waals surface area contributed by atoms with E-state index in [2.05, 4.69) is 10.2 Å². The van der Waals surface area contributed by atoms with E-state index in [0.29, 0.717) is 0 Å². The van der Waals surface area contributed by atoms with Crippen molar-refractivity contribution in [3.63, 3.8) is 0 Å². The lowest BCUT2D eigenvalue weighted by Crippen LogP contribution is -2.39. The van der Waals surface area contributed by atoms with Gasteiger partial charge in [0.15, 0.2) is 0 Å². The van der Waals surface area contributed by atoms with Gasteiger partial charge in [-0.3, -0.25) is 9.69 Å². The largest absolute Gasteiger partial charge is 0.359 e. The molecule has 1 aliphatic carbocycles. The molecule has 3 nitrogen and oxygen atoms in total. The minimum absolute atomic E-state index is 0.140. The van der Waals surface area contributed by atoms with Crippen molar-refractivity contribution in [2.24, 2.45) is 11.3 Å². The monoisotopic (exact) mass is 304 g/mol. The zero-order valence-corrected chi connectivity index (χ0v) is 13.5. The van der Waals surface area contributed by atoms with Gasteiger partial charge in [-0.1, -0.05) is 12.5 Å². The van der Waals surface area contributed by atoms with Gasteiger partial charge < -0.3 is 5.32 Å². The number of hydrogen-bond acceptors (Lipinski definition) is 2. The second kappa shape index (κ2) is 5.99. The maximum atomic E-state index is 13.5. The second-order valence-electron chi connectivity index (χ2n) is 6.95. The topological polar surface area (TPSA) is 32.3 Å². The summed E-state index contributed by atoms with van der Waals surface area (Å²) in [5.41, 5.74) is 2.34. The molecule has 0 radical (unpaired) electrons. The van der Waals surface area contributed by atoms with Gasteiger partial charge in [0, 0.05) is 26.1 Å². The van der Waals surface area contributed by atoms with Crippen LogP contribution in [0.1, 0.15) is 36.8 Å². The normalized spacial score (nSPS) is 28.4. The van der Waals surface area contributed by atoms with Crippen LogP contribution < -0.4 is 5.32 Å². The standard InChI is InChI=1S/C18H25FN2O/c1-13-5-6-15(19)10-14(13)11-21-9-8-18(12-21)7-3-4-16(18)17(22)20-2/h5-6,10,16H,3-4,7-9,11-12H2,1-2H3,(H,20,22)/t16-,18-/m1/s1.